The molecular formula is C32H38F4N6O4. The Morgan fingerprint density at radius 2 is 1.91 bits per heavy atom. The summed E-state index contributed by atoms with van der Waals surface area (Å²) in [7, 11) is 4.39. The maximum Gasteiger partial charge on any atom is 0.406 e. The number of alkyl halides is 3. The molecule has 46 heavy (non-hydrogen) atoms. The number of ether oxygens (including phenoxy) is 2. The first-order valence-corrected chi connectivity index (χ1v) is 14.8. The molecule has 1 aliphatic rings. The lowest BCUT2D eigenvalue weighted by Crippen LogP contribution is -2.52. The second-order valence-electron chi connectivity index (χ2n) is 11.3. The Kier molecular flexibility index (Phi) is 11.1. The van der Waals surface area contributed by atoms with Crippen LogP contribution >= 0.6 is 0 Å². The molecule has 3 N–H and O–H groups in total. The van der Waals surface area contributed by atoms with E-state index in [1.165, 1.54) is 32.4 Å². The van der Waals surface area contributed by atoms with Crippen LogP contribution in [-0.2, 0) is 11.3 Å². The number of likely N-dealkylation sites (tertiary alicyclic amines) is 1. The monoisotopic (exact) mass is 646 g/mol. The van der Waals surface area contributed by atoms with Crippen molar-refractivity contribution in [3.05, 3.63) is 53.1 Å². The number of methoxy groups -OCH3 is 2. The van der Waals surface area contributed by atoms with Crippen molar-refractivity contribution >= 4 is 28.5 Å². The maximum atomic E-state index is 14.3. The number of nitrogens with zero attached hydrogens (tertiary/aromatic N) is 3. The molecule has 0 saturated carbocycles. The maximum absolute atomic E-state index is 14.3. The van der Waals surface area contributed by atoms with Gasteiger partial charge in [-0.15, -0.1) is 0 Å². The molecule has 3 aromatic rings. The summed E-state index contributed by atoms with van der Waals surface area (Å²) in [5, 5.41) is 8.41. The van der Waals surface area contributed by atoms with Crippen molar-refractivity contribution in [3.8, 4) is 17.6 Å². The van der Waals surface area contributed by atoms with E-state index in [2.05, 4.69) is 44.6 Å². The normalized spacial score (nSPS) is 17.6. The number of hydrogen-bond donors (Lipinski definition) is 3. The molecule has 2 aromatic carbocycles. The van der Waals surface area contributed by atoms with Crippen LogP contribution in [0.5, 0.6) is 5.75 Å². The molecule has 2 heterocycles. The fourth-order valence-corrected chi connectivity index (χ4v) is 5.57. The van der Waals surface area contributed by atoms with Gasteiger partial charge in [-0.2, -0.15) is 13.2 Å². The average Bonchev–Trinajstić information content (AvgIpc) is 3.40. The summed E-state index contributed by atoms with van der Waals surface area (Å²) in [6.07, 6.45) is -2.74. The number of imidazole rings is 1. The number of anilines is 1. The second kappa shape index (κ2) is 14.8. The highest BCUT2D eigenvalue weighted by Gasteiger charge is 2.32. The third-order valence-electron chi connectivity index (χ3n) is 7.96. The van der Waals surface area contributed by atoms with Gasteiger partial charge in [0.25, 0.3) is 11.8 Å². The number of hydrogen-bond acceptors (Lipinski definition) is 7. The summed E-state index contributed by atoms with van der Waals surface area (Å²) < 4.78 is 65.8. The van der Waals surface area contributed by atoms with Crippen LogP contribution < -0.4 is 20.7 Å². The Balaban J connectivity index is 1.59. The third kappa shape index (κ3) is 8.27. The van der Waals surface area contributed by atoms with Gasteiger partial charge in [0.1, 0.15) is 23.6 Å². The molecule has 10 nitrogen and oxygen atoms in total. The lowest BCUT2D eigenvalue weighted by molar-refractivity contribution is -0.140. The zero-order valence-corrected chi connectivity index (χ0v) is 26.3. The van der Waals surface area contributed by atoms with Crippen LogP contribution in [0.25, 0.3) is 11.0 Å². The highest BCUT2D eigenvalue weighted by atomic mass is 19.4. The number of fused-ring (bicyclic) bond motifs is 1. The van der Waals surface area contributed by atoms with E-state index in [-0.39, 0.29) is 52.5 Å². The van der Waals surface area contributed by atoms with Gasteiger partial charge in [0.2, 0.25) is 0 Å². The van der Waals surface area contributed by atoms with Crippen LogP contribution in [0.4, 0.5) is 23.2 Å². The SMILES string of the molecule is CNC(=O)c1cc(NCC#Cc2cc(C(=O)N[C@H]3CCN([C@H](C)COC)C[C@@H]3C)c3ncn(CC(F)(F)F)c3c2)c(OC)cc1F. The predicted octanol–water partition coefficient (Wildman–Crippen LogP) is 4.04. The number of carbonyl (C=O) groups is 2. The lowest BCUT2D eigenvalue weighted by Gasteiger charge is -2.40. The number of rotatable bonds is 10. The minimum atomic E-state index is -4.51. The minimum absolute atomic E-state index is 0.00807. The van der Waals surface area contributed by atoms with Gasteiger partial charge in [-0.1, -0.05) is 18.8 Å². The highest BCUT2D eigenvalue weighted by molar-refractivity contribution is 6.05. The number of benzene rings is 2. The second-order valence-corrected chi connectivity index (χ2v) is 11.3. The minimum Gasteiger partial charge on any atom is -0.494 e. The topological polar surface area (TPSA) is 110 Å². The average molecular weight is 647 g/mol. The molecule has 4 rings (SSSR count). The first-order chi connectivity index (χ1) is 21.8. The number of halogens is 4. The van der Waals surface area contributed by atoms with Gasteiger partial charge in [-0.3, -0.25) is 14.5 Å². The number of nitrogens with one attached hydrogen (secondary N) is 3. The Labute approximate surface area is 264 Å². The molecular weight excluding hydrogens is 608 g/mol. The Morgan fingerprint density at radius 1 is 1.15 bits per heavy atom. The molecule has 1 aliphatic heterocycles. The van der Waals surface area contributed by atoms with E-state index >= 15 is 0 Å². The standard InChI is InChI=1S/C32H38F4N6O4/c1-19-15-41(20(2)16-45-4)10-8-25(19)40-31(44)23-11-21(12-27-29(23)39-18-42(27)17-32(34,35)36)7-6-9-38-26-13-22(30(43)37-3)24(33)14-28(26)46-5/h11-14,18-20,25,38H,8-10,15-17H2,1-5H3,(H,37,43)(H,40,44)/t19-,20+,25-/m0/s1. The van der Waals surface area contributed by atoms with E-state index in [4.69, 9.17) is 9.47 Å². The molecule has 1 fully saturated rings. The molecule has 0 radical (unpaired) electrons. The smallest absolute Gasteiger partial charge is 0.406 e. The molecule has 1 aromatic heterocycles. The van der Waals surface area contributed by atoms with Gasteiger partial charge in [0.15, 0.2) is 0 Å². The van der Waals surface area contributed by atoms with Gasteiger partial charge in [0, 0.05) is 51.0 Å². The van der Waals surface area contributed by atoms with E-state index in [9.17, 15) is 27.2 Å². The molecule has 0 aliphatic carbocycles. The van der Waals surface area contributed by atoms with Crippen LogP contribution in [0, 0.1) is 23.6 Å². The molecule has 1 saturated heterocycles. The van der Waals surface area contributed by atoms with Gasteiger partial charge < -0.3 is 30.0 Å². The van der Waals surface area contributed by atoms with E-state index in [1.807, 2.05) is 6.92 Å². The molecule has 0 bridgehead atoms. The van der Waals surface area contributed by atoms with Crippen molar-refractivity contribution in [1.82, 2.24) is 25.1 Å². The Bertz CT molecular complexity index is 1630. The number of carbonyl (C=O) groups excluding carboxylic acids is 2. The molecule has 3 atom stereocenters. The van der Waals surface area contributed by atoms with Crippen LogP contribution in [0.1, 0.15) is 46.5 Å². The van der Waals surface area contributed by atoms with Crippen molar-refractivity contribution in [2.45, 2.75) is 45.1 Å². The summed E-state index contributed by atoms with van der Waals surface area (Å²) in [6.45, 7) is 4.98. The van der Waals surface area contributed by atoms with Crippen molar-refractivity contribution in [2.24, 2.45) is 5.92 Å². The summed E-state index contributed by atoms with van der Waals surface area (Å²) in [4.78, 5) is 32.1. The van der Waals surface area contributed by atoms with Crippen LogP contribution in [-0.4, -0.2) is 92.0 Å². The van der Waals surface area contributed by atoms with Gasteiger partial charge >= 0.3 is 6.18 Å². The van der Waals surface area contributed by atoms with Gasteiger partial charge in [-0.05, 0) is 37.5 Å². The lowest BCUT2D eigenvalue weighted by atomic mass is 9.92. The van der Waals surface area contributed by atoms with E-state index < -0.39 is 30.4 Å². The van der Waals surface area contributed by atoms with E-state index in [1.54, 1.807) is 7.11 Å². The summed E-state index contributed by atoms with van der Waals surface area (Å²) in [5.74, 6) is 4.21. The molecule has 0 spiro atoms. The highest BCUT2D eigenvalue weighted by Crippen LogP contribution is 2.28. The predicted molar refractivity (Wildman–Crippen MR) is 165 cm³/mol. The van der Waals surface area contributed by atoms with Gasteiger partial charge in [-0.25, -0.2) is 9.37 Å². The van der Waals surface area contributed by atoms with E-state index in [0.29, 0.717) is 24.3 Å². The largest absolute Gasteiger partial charge is 0.494 e. The zero-order chi connectivity index (χ0) is 33.6. The summed E-state index contributed by atoms with van der Waals surface area (Å²) in [6, 6.07) is 5.42. The van der Waals surface area contributed by atoms with Crippen molar-refractivity contribution in [3.63, 3.8) is 0 Å². The van der Waals surface area contributed by atoms with Gasteiger partial charge in [0.05, 0.1) is 48.9 Å². The quantitative estimate of drug-likeness (QED) is 0.225. The molecule has 0 unspecified atom stereocenters. The van der Waals surface area contributed by atoms with Crippen LogP contribution in [0.2, 0.25) is 0 Å². The Hall–Kier alpha value is -4.35. The van der Waals surface area contributed by atoms with Crippen LogP contribution in [0.15, 0.2) is 30.6 Å². The van der Waals surface area contributed by atoms with Crippen molar-refractivity contribution in [2.75, 3.05) is 52.8 Å². The Morgan fingerprint density at radius 3 is 2.57 bits per heavy atom. The van der Waals surface area contributed by atoms with E-state index in [0.717, 1.165) is 30.1 Å². The number of aromatic nitrogens is 2. The third-order valence-corrected chi connectivity index (χ3v) is 7.96. The summed E-state index contributed by atoms with van der Waals surface area (Å²) >= 11 is 0. The fourth-order valence-electron chi connectivity index (χ4n) is 5.57. The first kappa shape index (κ1) is 34.5. The molecule has 2 amide bonds. The first-order valence-electron chi connectivity index (χ1n) is 14.8. The molecule has 248 valence electrons. The zero-order valence-electron chi connectivity index (χ0n) is 26.3. The number of amides is 2. The fraction of sp³-hybridized carbons (Fsp3) is 0.469. The van der Waals surface area contributed by atoms with Crippen LogP contribution in [0.3, 0.4) is 0 Å². The number of piperidine rings is 1. The van der Waals surface area contributed by atoms with Crippen molar-refractivity contribution in [1.29, 1.82) is 0 Å². The van der Waals surface area contributed by atoms with Crippen molar-refractivity contribution < 1.29 is 36.6 Å². The molecule has 14 heteroatoms. The summed E-state index contributed by atoms with van der Waals surface area (Å²) in [5.41, 5.74) is 0.802.